The number of nitrogens with one attached hydrogen (secondary N) is 1. The first kappa shape index (κ1) is 18.1. The molecule has 0 spiro atoms. The zero-order valence-corrected chi connectivity index (χ0v) is 16.2. The number of benzene rings is 2. The normalized spacial score (nSPS) is 23.6. The Bertz CT molecular complexity index is 1010. The number of fused-ring (bicyclic) bond motifs is 2. The van der Waals surface area contributed by atoms with Crippen LogP contribution in [0.15, 0.2) is 60.9 Å². The molecule has 1 aliphatic heterocycles. The molecule has 0 radical (unpaired) electrons. The number of carbonyl (C=O) groups is 1. The van der Waals surface area contributed by atoms with Crippen LogP contribution in [-0.4, -0.2) is 41.0 Å². The second-order valence-corrected chi connectivity index (χ2v) is 8.19. The molecule has 5 rings (SSSR count). The third-order valence-corrected chi connectivity index (χ3v) is 6.13. The fourth-order valence-corrected chi connectivity index (χ4v) is 4.63. The smallest absolute Gasteiger partial charge is 0.221 e. The molecule has 29 heavy (non-hydrogen) atoms. The summed E-state index contributed by atoms with van der Waals surface area (Å²) in [6, 6.07) is 18.3. The van der Waals surface area contributed by atoms with Gasteiger partial charge in [0.2, 0.25) is 5.91 Å². The summed E-state index contributed by atoms with van der Waals surface area (Å²) in [6.07, 6.45) is 2.72. The minimum atomic E-state index is -0.153. The van der Waals surface area contributed by atoms with Crippen LogP contribution in [-0.2, 0) is 11.2 Å². The van der Waals surface area contributed by atoms with E-state index in [0.717, 1.165) is 36.2 Å². The first-order valence-electron chi connectivity index (χ1n) is 10.2. The molecule has 148 valence electrons. The predicted molar refractivity (Wildman–Crippen MR) is 113 cm³/mol. The molecule has 2 aliphatic rings. The van der Waals surface area contributed by atoms with Crippen molar-refractivity contribution in [2.75, 3.05) is 18.0 Å². The number of aromatic nitrogens is 2. The number of amides is 1. The predicted octanol–water partition coefficient (Wildman–Crippen LogP) is 2.14. The Kier molecular flexibility index (Phi) is 4.64. The molecule has 0 bridgehead atoms. The topological polar surface area (TPSA) is 84.1 Å². The fourth-order valence-electron chi connectivity index (χ4n) is 4.63. The summed E-state index contributed by atoms with van der Waals surface area (Å²) < 4.78 is 0. The number of rotatable bonds is 6. The van der Waals surface area contributed by atoms with Crippen LogP contribution in [0.4, 0.5) is 5.82 Å². The van der Waals surface area contributed by atoms with E-state index in [1.165, 1.54) is 5.56 Å². The monoisotopic (exact) mass is 387 g/mol. The molecule has 2 fully saturated rings. The van der Waals surface area contributed by atoms with Gasteiger partial charge in [-0.1, -0.05) is 42.5 Å². The van der Waals surface area contributed by atoms with Gasteiger partial charge in [-0.2, -0.15) is 0 Å². The van der Waals surface area contributed by atoms with E-state index in [1.54, 1.807) is 6.33 Å². The van der Waals surface area contributed by atoms with E-state index >= 15 is 0 Å². The minimum Gasteiger partial charge on any atom is -0.355 e. The number of anilines is 1. The highest BCUT2D eigenvalue weighted by atomic mass is 16.1. The van der Waals surface area contributed by atoms with E-state index in [0.29, 0.717) is 18.3 Å². The Balaban J connectivity index is 1.14. The number of carbonyl (C=O) groups excluding carboxylic acids is 1. The number of piperidine rings is 1. The Labute approximate surface area is 170 Å². The minimum absolute atomic E-state index is 0.0619. The zero-order chi connectivity index (χ0) is 19.8. The SMILES string of the molecule is NC(CC(=O)NC1[C@H]2CN(c3ncnc4ccccc34)C[C@@H]12)Cc1ccccc1. The van der Waals surface area contributed by atoms with E-state index in [4.69, 9.17) is 5.73 Å². The van der Waals surface area contributed by atoms with Crippen LogP contribution in [0.1, 0.15) is 12.0 Å². The number of hydrogen-bond acceptors (Lipinski definition) is 5. The molecule has 1 aromatic heterocycles. The summed E-state index contributed by atoms with van der Waals surface area (Å²) >= 11 is 0. The standard InChI is InChI=1S/C23H25N5O/c24-16(10-15-6-2-1-3-7-15)11-21(29)27-22-18-12-28(13-19(18)22)23-17-8-4-5-9-20(17)25-14-26-23/h1-9,14,16,18-19,22H,10-13,24H2,(H,27,29)/t16?,18-,19+,22?. The Morgan fingerprint density at radius 1 is 1.07 bits per heavy atom. The van der Waals surface area contributed by atoms with Gasteiger partial charge in [0, 0.05) is 48.8 Å². The van der Waals surface area contributed by atoms with Crippen LogP contribution in [0.25, 0.3) is 10.9 Å². The molecule has 3 aromatic rings. The molecule has 2 unspecified atom stereocenters. The Morgan fingerprint density at radius 3 is 2.59 bits per heavy atom. The van der Waals surface area contributed by atoms with Crippen LogP contribution < -0.4 is 16.0 Å². The van der Waals surface area contributed by atoms with Crippen LogP contribution >= 0.6 is 0 Å². The maximum absolute atomic E-state index is 12.4. The van der Waals surface area contributed by atoms with Gasteiger partial charge in [0.1, 0.15) is 12.1 Å². The molecule has 1 amide bonds. The van der Waals surface area contributed by atoms with Crippen molar-refractivity contribution in [2.45, 2.75) is 24.9 Å². The van der Waals surface area contributed by atoms with Gasteiger partial charge >= 0.3 is 0 Å². The first-order chi connectivity index (χ1) is 14.2. The maximum atomic E-state index is 12.4. The number of nitrogens with two attached hydrogens (primary N) is 1. The van der Waals surface area contributed by atoms with Crippen molar-refractivity contribution >= 4 is 22.6 Å². The molecule has 1 saturated heterocycles. The first-order valence-corrected chi connectivity index (χ1v) is 10.2. The van der Waals surface area contributed by atoms with Gasteiger partial charge in [-0.05, 0) is 24.1 Å². The zero-order valence-electron chi connectivity index (χ0n) is 16.2. The number of hydrogen-bond donors (Lipinski definition) is 2. The molecular weight excluding hydrogens is 362 g/mol. The van der Waals surface area contributed by atoms with Gasteiger partial charge in [0.25, 0.3) is 0 Å². The summed E-state index contributed by atoms with van der Waals surface area (Å²) in [4.78, 5) is 23.6. The Morgan fingerprint density at radius 2 is 1.79 bits per heavy atom. The van der Waals surface area contributed by atoms with E-state index in [2.05, 4.69) is 38.4 Å². The number of nitrogens with zero attached hydrogens (tertiary/aromatic N) is 3. The van der Waals surface area contributed by atoms with Crippen LogP contribution in [0, 0.1) is 11.8 Å². The van der Waals surface area contributed by atoms with Gasteiger partial charge in [-0.25, -0.2) is 9.97 Å². The van der Waals surface area contributed by atoms with E-state index < -0.39 is 0 Å². The lowest BCUT2D eigenvalue weighted by molar-refractivity contribution is -0.121. The summed E-state index contributed by atoms with van der Waals surface area (Å²) in [5, 5.41) is 4.29. The lowest BCUT2D eigenvalue weighted by Gasteiger charge is -2.22. The number of para-hydroxylation sites is 1. The van der Waals surface area contributed by atoms with Gasteiger partial charge in [-0.3, -0.25) is 4.79 Å². The van der Waals surface area contributed by atoms with Crippen molar-refractivity contribution < 1.29 is 4.79 Å². The Hall–Kier alpha value is -2.99. The summed E-state index contributed by atoms with van der Waals surface area (Å²) in [5.74, 6) is 2.06. The lowest BCUT2D eigenvalue weighted by Crippen LogP contribution is -2.38. The molecule has 1 saturated carbocycles. The van der Waals surface area contributed by atoms with Gasteiger partial charge in [0.05, 0.1) is 5.52 Å². The van der Waals surface area contributed by atoms with Gasteiger partial charge in [-0.15, -0.1) is 0 Å². The maximum Gasteiger partial charge on any atom is 0.221 e. The van der Waals surface area contributed by atoms with Crippen LogP contribution in [0.2, 0.25) is 0 Å². The molecule has 3 N–H and O–H groups in total. The second-order valence-electron chi connectivity index (χ2n) is 8.19. The highest BCUT2D eigenvalue weighted by Crippen LogP contribution is 2.47. The fraction of sp³-hybridized carbons (Fsp3) is 0.348. The summed E-state index contributed by atoms with van der Waals surface area (Å²) in [7, 11) is 0. The molecular formula is C23H25N5O. The molecule has 4 atom stereocenters. The highest BCUT2D eigenvalue weighted by molar-refractivity contribution is 5.89. The van der Waals surface area contributed by atoms with Crippen molar-refractivity contribution in [2.24, 2.45) is 17.6 Å². The van der Waals surface area contributed by atoms with E-state index in [1.807, 2.05) is 36.4 Å². The molecule has 6 nitrogen and oxygen atoms in total. The van der Waals surface area contributed by atoms with Crippen molar-refractivity contribution in [3.8, 4) is 0 Å². The average Bonchev–Trinajstić information content (AvgIpc) is 3.16. The van der Waals surface area contributed by atoms with Crippen molar-refractivity contribution in [3.05, 3.63) is 66.5 Å². The van der Waals surface area contributed by atoms with Crippen LogP contribution in [0.3, 0.4) is 0 Å². The molecule has 1 aliphatic carbocycles. The van der Waals surface area contributed by atoms with Crippen molar-refractivity contribution in [3.63, 3.8) is 0 Å². The molecule has 2 aromatic carbocycles. The molecule has 2 heterocycles. The quantitative estimate of drug-likeness (QED) is 0.677. The lowest BCUT2D eigenvalue weighted by atomic mass is 10.0. The summed E-state index contributed by atoms with van der Waals surface area (Å²) in [6.45, 7) is 1.85. The van der Waals surface area contributed by atoms with Crippen LogP contribution in [0.5, 0.6) is 0 Å². The molecule has 6 heteroatoms. The van der Waals surface area contributed by atoms with Crippen molar-refractivity contribution in [1.82, 2.24) is 15.3 Å². The summed E-state index contributed by atoms with van der Waals surface area (Å²) in [5.41, 5.74) is 8.32. The average molecular weight is 387 g/mol. The van der Waals surface area contributed by atoms with Gasteiger partial charge in [0.15, 0.2) is 0 Å². The van der Waals surface area contributed by atoms with E-state index in [-0.39, 0.29) is 18.0 Å². The second kappa shape index (κ2) is 7.44. The third-order valence-electron chi connectivity index (χ3n) is 6.13. The van der Waals surface area contributed by atoms with E-state index in [9.17, 15) is 4.79 Å². The van der Waals surface area contributed by atoms with Crippen molar-refractivity contribution in [1.29, 1.82) is 0 Å². The largest absolute Gasteiger partial charge is 0.355 e. The van der Waals surface area contributed by atoms with Gasteiger partial charge < -0.3 is 16.0 Å². The third kappa shape index (κ3) is 3.68. The highest BCUT2D eigenvalue weighted by Gasteiger charge is 2.56.